The first-order chi connectivity index (χ1) is 9.86. The summed E-state index contributed by atoms with van der Waals surface area (Å²) < 4.78 is 0. The van der Waals surface area contributed by atoms with Crippen LogP contribution in [0.2, 0.25) is 0 Å². The fourth-order valence-electron chi connectivity index (χ4n) is 3.75. The van der Waals surface area contributed by atoms with Crippen molar-refractivity contribution in [2.24, 2.45) is 11.8 Å². The Balaban J connectivity index is 2.06. The van der Waals surface area contributed by atoms with Crippen LogP contribution in [0.5, 0.6) is 0 Å². The fraction of sp³-hybridized carbons (Fsp3) is 0.500. The van der Waals surface area contributed by atoms with Crippen molar-refractivity contribution in [3.05, 3.63) is 47.5 Å². The molecule has 1 saturated carbocycles. The summed E-state index contributed by atoms with van der Waals surface area (Å²) in [6, 6.07) is 9.08. The van der Waals surface area contributed by atoms with Crippen molar-refractivity contribution in [3.63, 3.8) is 0 Å². The minimum Gasteiger partial charge on any atom is -0.0804 e. The minimum absolute atomic E-state index is 0.805. The van der Waals surface area contributed by atoms with Gasteiger partial charge in [-0.2, -0.15) is 0 Å². The maximum Gasteiger partial charge on any atom is -0.00898 e. The van der Waals surface area contributed by atoms with E-state index in [1.54, 1.807) is 11.1 Å². The molecule has 20 heavy (non-hydrogen) atoms. The van der Waals surface area contributed by atoms with Gasteiger partial charge in [-0.05, 0) is 59.8 Å². The van der Waals surface area contributed by atoms with E-state index in [0.717, 1.165) is 11.8 Å². The van der Waals surface area contributed by atoms with Gasteiger partial charge in [-0.1, -0.05) is 63.1 Å². The van der Waals surface area contributed by atoms with Crippen LogP contribution >= 0.6 is 0 Å². The number of fused-ring (bicyclic) bond motifs is 2. The number of unbranched alkanes of at least 4 members (excludes halogenated alkanes) is 2. The Labute approximate surface area is 123 Å². The average Bonchev–Trinajstić information content (AvgIpc) is 2.45. The molecule has 3 rings (SSSR count). The lowest BCUT2D eigenvalue weighted by atomic mass is 9.59. The van der Waals surface area contributed by atoms with Crippen LogP contribution in [0.4, 0.5) is 0 Å². The summed E-state index contributed by atoms with van der Waals surface area (Å²) in [5.41, 5.74) is 6.33. The first-order valence-electron chi connectivity index (χ1n) is 8.36. The van der Waals surface area contributed by atoms with Crippen molar-refractivity contribution in [2.75, 3.05) is 0 Å². The van der Waals surface area contributed by atoms with Gasteiger partial charge in [0.2, 0.25) is 0 Å². The van der Waals surface area contributed by atoms with E-state index in [1.807, 2.05) is 0 Å². The quantitative estimate of drug-likeness (QED) is 0.618. The van der Waals surface area contributed by atoms with E-state index in [2.05, 4.69) is 50.3 Å². The van der Waals surface area contributed by atoms with Crippen LogP contribution in [0, 0.1) is 11.8 Å². The van der Waals surface area contributed by atoms with Crippen molar-refractivity contribution in [2.45, 2.75) is 52.4 Å². The van der Waals surface area contributed by atoms with Crippen LogP contribution in [0.1, 0.15) is 63.5 Å². The minimum atomic E-state index is 0.805. The highest BCUT2D eigenvalue weighted by Crippen LogP contribution is 2.55. The van der Waals surface area contributed by atoms with Crippen LogP contribution < -0.4 is 0 Å². The highest BCUT2D eigenvalue weighted by molar-refractivity contribution is 5.87. The Morgan fingerprint density at radius 1 is 0.850 bits per heavy atom. The molecule has 2 unspecified atom stereocenters. The molecule has 0 aromatic heterocycles. The van der Waals surface area contributed by atoms with E-state index in [-0.39, 0.29) is 0 Å². The van der Waals surface area contributed by atoms with Crippen LogP contribution in [0.15, 0.2) is 36.4 Å². The normalized spacial score (nSPS) is 28.1. The molecule has 1 aromatic carbocycles. The molecule has 0 saturated heterocycles. The maximum atomic E-state index is 2.52. The monoisotopic (exact) mass is 266 g/mol. The lowest BCUT2D eigenvalue weighted by Crippen LogP contribution is -2.32. The van der Waals surface area contributed by atoms with Gasteiger partial charge in [-0.3, -0.25) is 0 Å². The molecule has 0 amide bonds. The molecule has 2 aliphatic rings. The standard InChI is InChI=1S/C20H26/c1-3-5-9-15-17-11-7-8-12-18(17)16(10-6-4-2)20-14-13-19(15)20/h7-12,19-20H,3-6,13-14H2,1-2H3. The summed E-state index contributed by atoms with van der Waals surface area (Å²) >= 11 is 0. The second-order valence-corrected chi connectivity index (χ2v) is 6.23. The smallest absolute Gasteiger partial charge is 0.00898 e. The molecule has 1 fully saturated rings. The maximum absolute atomic E-state index is 2.52. The third-order valence-electron chi connectivity index (χ3n) is 4.93. The Kier molecular flexibility index (Phi) is 4.10. The molecule has 106 valence electrons. The number of hydrogen-bond donors (Lipinski definition) is 0. The van der Waals surface area contributed by atoms with Crippen molar-refractivity contribution in [3.8, 4) is 0 Å². The van der Waals surface area contributed by atoms with Gasteiger partial charge in [0.15, 0.2) is 0 Å². The van der Waals surface area contributed by atoms with Gasteiger partial charge in [0.1, 0.15) is 0 Å². The molecule has 0 spiro atoms. The lowest BCUT2D eigenvalue weighted by molar-refractivity contribution is 0.303. The van der Waals surface area contributed by atoms with Gasteiger partial charge in [-0.15, -0.1) is 0 Å². The molecule has 0 radical (unpaired) electrons. The van der Waals surface area contributed by atoms with Gasteiger partial charge >= 0.3 is 0 Å². The van der Waals surface area contributed by atoms with E-state index in [9.17, 15) is 0 Å². The van der Waals surface area contributed by atoms with Crippen LogP contribution in [0.3, 0.4) is 0 Å². The topological polar surface area (TPSA) is 0 Å². The summed E-state index contributed by atoms with van der Waals surface area (Å²) in [7, 11) is 0. The number of hydrogen-bond acceptors (Lipinski definition) is 0. The molecular weight excluding hydrogens is 240 g/mol. The van der Waals surface area contributed by atoms with E-state index in [1.165, 1.54) is 49.7 Å². The number of rotatable bonds is 4. The molecule has 2 aliphatic carbocycles. The number of allylic oxidation sites excluding steroid dienone is 4. The zero-order chi connectivity index (χ0) is 13.9. The summed E-state index contributed by atoms with van der Waals surface area (Å²) in [6.45, 7) is 4.55. The van der Waals surface area contributed by atoms with Gasteiger partial charge in [0.25, 0.3) is 0 Å². The summed E-state index contributed by atoms with van der Waals surface area (Å²) in [6.07, 6.45) is 12.8. The molecule has 0 nitrogen and oxygen atoms in total. The molecule has 0 N–H and O–H groups in total. The number of benzene rings is 1. The highest BCUT2D eigenvalue weighted by atomic mass is 14.4. The van der Waals surface area contributed by atoms with Gasteiger partial charge in [0.05, 0.1) is 0 Å². The molecule has 2 atom stereocenters. The Morgan fingerprint density at radius 2 is 1.30 bits per heavy atom. The van der Waals surface area contributed by atoms with Crippen LogP contribution in [-0.4, -0.2) is 0 Å². The van der Waals surface area contributed by atoms with Crippen molar-refractivity contribution < 1.29 is 0 Å². The Morgan fingerprint density at radius 3 is 1.65 bits per heavy atom. The van der Waals surface area contributed by atoms with E-state index < -0.39 is 0 Å². The van der Waals surface area contributed by atoms with Crippen LogP contribution in [0.25, 0.3) is 11.1 Å². The molecule has 1 aromatic rings. The van der Waals surface area contributed by atoms with E-state index in [0.29, 0.717) is 0 Å². The second kappa shape index (κ2) is 5.99. The van der Waals surface area contributed by atoms with Crippen molar-refractivity contribution in [1.29, 1.82) is 0 Å². The molecule has 0 aliphatic heterocycles. The predicted molar refractivity (Wildman–Crippen MR) is 88.4 cm³/mol. The van der Waals surface area contributed by atoms with Crippen molar-refractivity contribution >= 4 is 11.1 Å². The third kappa shape index (κ3) is 2.26. The van der Waals surface area contributed by atoms with E-state index >= 15 is 0 Å². The molecule has 0 bridgehead atoms. The highest BCUT2D eigenvalue weighted by Gasteiger charge is 2.41. The fourth-order valence-corrected chi connectivity index (χ4v) is 3.75. The Hall–Kier alpha value is -1.30. The molecule has 0 heteroatoms. The van der Waals surface area contributed by atoms with Gasteiger partial charge < -0.3 is 0 Å². The van der Waals surface area contributed by atoms with Gasteiger partial charge in [0, 0.05) is 0 Å². The summed E-state index contributed by atoms with van der Waals surface area (Å²) in [5.74, 6) is 1.61. The largest absolute Gasteiger partial charge is 0.0804 e. The van der Waals surface area contributed by atoms with Crippen molar-refractivity contribution in [1.82, 2.24) is 0 Å². The first-order valence-corrected chi connectivity index (χ1v) is 8.36. The lowest BCUT2D eigenvalue weighted by Gasteiger charge is -2.45. The molecular formula is C20H26. The predicted octanol–water partition coefficient (Wildman–Crippen LogP) is 6.09. The second-order valence-electron chi connectivity index (χ2n) is 6.23. The SMILES string of the molecule is CCCC=C1c2ccccc2C(=CCCC)C2CCC12. The third-order valence-corrected chi connectivity index (χ3v) is 4.93. The van der Waals surface area contributed by atoms with Gasteiger partial charge in [-0.25, -0.2) is 0 Å². The zero-order valence-corrected chi connectivity index (χ0v) is 12.9. The van der Waals surface area contributed by atoms with E-state index in [4.69, 9.17) is 0 Å². The zero-order valence-electron chi connectivity index (χ0n) is 12.9. The molecule has 0 heterocycles. The Bertz CT molecular complexity index is 484. The average molecular weight is 266 g/mol. The first kappa shape index (κ1) is 13.7. The van der Waals surface area contributed by atoms with Crippen LogP contribution in [-0.2, 0) is 0 Å². The summed E-state index contributed by atoms with van der Waals surface area (Å²) in [5, 5.41) is 0. The summed E-state index contributed by atoms with van der Waals surface area (Å²) in [4.78, 5) is 0.